The lowest BCUT2D eigenvalue weighted by molar-refractivity contribution is -0.140. The van der Waals surface area contributed by atoms with Crippen molar-refractivity contribution in [3.05, 3.63) is 71.9 Å². The number of benzene rings is 2. The van der Waals surface area contributed by atoms with Crippen LogP contribution in [-0.2, 0) is 9.53 Å². The lowest BCUT2D eigenvalue weighted by atomic mass is 10.1. The van der Waals surface area contributed by atoms with Crippen molar-refractivity contribution in [3.63, 3.8) is 0 Å². The van der Waals surface area contributed by atoms with Crippen LogP contribution in [0.25, 0.3) is 16.9 Å². The van der Waals surface area contributed by atoms with Crippen LogP contribution in [0.5, 0.6) is 17.2 Å². The molecule has 0 saturated carbocycles. The van der Waals surface area contributed by atoms with Gasteiger partial charge < -0.3 is 24.3 Å². The van der Waals surface area contributed by atoms with Crippen molar-refractivity contribution in [3.8, 4) is 28.5 Å². The Balaban J connectivity index is 1.38. The molecule has 1 N–H and O–H groups in total. The zero-order chi connectivity index (χ0) is 24.4. The van der Waals surface area contributed by atoms with E-state index < -0.39 is 5.97 Å². The fourth-order valence-electron chi connectivity index (χ4n) is 3.76. The summed E-state index contributed by atoms with van der Waals surface area (Å²) in [6.45, 7) is 4.20. The van der Waals surface area contributed by atoms with Crippen molar-refractivity contribution in [2.75, 3.05) is 25.3 Å². The number of fused-ring (bicyclic) bond motifs is 2. The van der Waals surface area contributed by atoms with Gasteiger partial charge in [-0.3, -0.25) is 9.20 Å². The number of imidazole rings is 1. The van der Waals surface area contributed by atoms with Gasteiger partial charge in [0.15, 0.2) is 11.5 Å². The molecule has 9 nitrogen and oxygen atoms in total. The second kappa shape index (κ2) is 9.38. The molecule has 0 bridgehead atoms. The van der Waals surface area contributed by atoms with Crippen LogP contribution in [-0.4, -0.2) is 41.3 Å². The van der Waals surface area contributed by atoms with Gasteiger partial charge in [-0.15, -0.1) is 0 Å². The molecule has 3 heterocycles. The van der Waals surface area contributed by atoms with Gasteiger partial charge in [0.1, 0.15) is 29.5 Å². The fourth-order valence-corrected chi connectivity index (χ4v) is 3.76. The number of rotatable bonds is 7. The summed E-state index contributed by atoms with van der Waals surface area (Å²) >= 11 is 0. The summed E-state index contributed by atoms with van der Waals surface area (Å²) < 4.78 is 23.1. The summed E-state index contributed by atoms with van der Waals surface area (Å²) in [5.41, 5.74) is 3.59. The molecule has 9 heteroatoms. The Morgan fingerprint density at radius 1 is 1.06 bits per heavy atom. The van der Waals surface area contributed by atoms with E-state index in [1.54, 1.807) is 37.3 Å². The van der Waals surface area contributed by atoms with Crippen LogP contribution in [0.3, 0.4) is 0 Å². The van der Waals surface area contributed by atoms with Crippen molar-refractivity contribution in [2.45, 2.75) is 13.8 Å². The van der Waals surface area contributed by atoms with Gasteiger partial charge in [0, 0.05) is 11.8 Å². The number of aryl methyl sites for hydroxylation is 1. The minimum absolute atomic E-state index is 0.00774. The van der Waals surface area contributed by atoms with Gasteiger partial charge in [0.2, 0.25) is 6.79 Å². The highest BCUT2D eigenvalue weighted by molar-refractivity contribution is 5.92. The number of ether oxygens (including phenoxy) is 4. The third-order valence-corrected chi connectivity index (χ3v) is 5.42. The number of nitrogens with zero attached hydrogens (tertiary/aromatic N) is 2. The summed E-state index contributed by atoms with van der Waals surface area (Å²) in [6, 6.07) is 15.8. The monoisotopic (exact) mass is 473 g/mol. The number of esters is 2. The van der Waals surface area contributed by atoms with Gasteiger partial charge in [0.25, 0.3) is 0 Å². The molecule has 5 rings (SSSR count). The second-order valence-electron chi connectivity index (χ2n) is 7.88. The SMILES string of the molecule is CCOC(=O)CNc1c(-c2ccc(OC(=O)c3ccc4c(c3)OCO4)cc2)nc2ccc(C)cn12. The lowest BCUT2D eigenvalue weighted by Crippen LogP contribution is -2.18. The average Bonchev–Trinajstić information content (AvgIpc) is 3.47. The molecule has 0 fully saturated rings. The van der Waals surface area contributed by atoms with Gasteiger partial charge in [-0.25, -0.2) is 9.78 Å². The minimum Gasteiger partial charge on any atom is -0.465 e. The van der Waals surface area contributed by atoms with Crippen molar-refractivity contribution >= 4 is 23.4 Å². The Morgan fingerprint density at radius 2 is 1.86 bits per heavy atom. The summed E-state index contributed by atoms with van der Waals surface area (Å²) in [5, 5.41) is 3.15. The molecule has 0 saturated heterocycles. The standard InChI is InChI=1S/C26H23N3O6/c1-3-32-23(30)13-27-25-24(28-22-11-4-16(2)14-29(22)25)17-5-8-19(9-6-17)35-26(31)18-7-10-20-21(12-18)34-15-33-20/h4-12,14,27H,3,13,15H2,1-2H3. The summed E-state index contributed by atoms with van der Waals surface area (Å²) in [5.74, 6) is 1.31. The van der Waals surface area contributed by atoms with Gasteiger partial charge in [-0.1, -0.05) is 6.07 Å². The first-order valence-electron chi connectivity index (χ1n) is 11.1. The molecule has 0 spiro atoms. The average molecular weight is 473 g/mol. The lowest BCUT2D eigenvalue weighted by Gasteiger charge is -2.10. The van der Waals surface area contributed by atoms with E-state index in [0.717, 1.165) is 16.8 Å². The molecule has 178 valence electrons. The molecule has 0 amide bonds. The number of nitrogens with one attached hydrogen (secondary N) is 1. The van der Waals surface area contributed by atoms with Gasteiger partial charge in [-0.05, 0) is 67.9 Å². The molecule has 2 aromatic carbocycles. The predicted octanol–water partition coefficient (Wildman–Crippen LogP) is 4.23. The highest BCUT2D eigenvalue weighted by atomic mass is 16.7. The van der Waals surface area contributed by atoms with E-state index in [-0.39, 0.29) is 19.3 Å². The van der Waals surface area contributed by atoms with Crippen molar-refractivity contribution < 1.29 is 28.5 Å². The van der Waals surface area contributed by atoms with E-state index in [1.165, 1.54) is 0 Å². The molecule has 0 atom stereocenters. The summed E-state index contributed by atoms with van der Waals surface area (Å²) in [6.07, 6.45) is 1.95. The topological polar surface area (TPSA) is 100 Å². The van der Waals surface area contributed by atoms with Gasteiger partial charge in [-0.2, -0.15) is 0 Å². The van der Waals surface area contributed by atoms with Crippen LogP contribution in [0, 0.1) is 6.92 Å². The van der Waals surface area contributed by atoms with E-state index in [9.17, 15) is 9.59 Å². The number of hydrogen-bond acceptors (Lipinski definition) is 8. The van der Waals surface area contributed by atoms with Gasteiger partial charge >= 0.3 is 11.9 Å². The zero-order valence-electron chi connectivity index (χ0n) is 19.2. The normalized spacial score (nSPS) is 11.9. The van der Waals surface area contributed by atoms with Crippen LogP contribution in [0.15, 0.2) is 60.8 Å². The highest BCUT2D eigenvalue weighted by Crippen LogP contribution is 2.33. The largest absolute Gasteiger partial charge is 0.465 e. The molecule has 35 heavy (non-hydrogen) atoms. The van der Waals surface area contributed by atoms with Crippen LogP contribution < -0.4 is 19.5 Å². The molecule has 0 aliphatic carbocycles. The summed E-state index contributed by atoms with van der Waals surface area (Å²) in [4.78, 5) is 29.3. The number of carbonyl (C=O) groups excluding carboxylic acids is 2. The van der Waals surface area contributed by atoms with Crippen molar-refractivity contribution in [1.29, 1.82) is 0 Å². The maximum atomic E-state index is 12.6. The van der Waals surface area contributed by atoms with Crippen LogP contribution >= 0.6 is 0 Å². The van der Waals surface area contributed by atoms with Crippen LogP contribution in [0.4, 0.5) is 5.82 Å². The van der Waals surface area contributed by atoms with E-state index in [1.807, 2.05) is 41.8 Å². The number of hydrogen-bond donors (Lipinski definition) is 1. The van der Waals surface area contributed by atoms with Gasteiger partial charge in [0.05, 0.1) is 12.2 Å². The molecule has 2 aromatic heterocycles. The smallest absolute Gasteiger partial charge is 0.343 e. The molecule has 4 aromatic rings. The summed E-state index contributed by atoms with van der Waals surface area (Å²) in [7, 11) is 0. The number of aromatic nitrogens is 2. The Morgan fingerprint density at radius 3 is 2.66 bits per heavy atom. The molecule has 1 aliphatic rings. The third-order valence-electron chi connectivity index (χ3n) is 5.42. The second-order valence-corrected chi connectivity index (χ2v) is 7.88. The molecular weight excluding hydrogens is 450 g/mol. The van der Waals surface area contributed by atoms with Crippen LogP contribution in [0.2, 0.25) is 0 Å². The van der Waals surface area contributed by atoms with E-state index in [4.69, 9.17) is 23.9 Å². The third kappa shape index (κ3) is 4.61. The fraction of sp³-hybridized carbons (Fsp3) is 0.192. The van der Waals surface area contributed by atoms with E-state index >= 15 is 0 Å². The first kappa shape index (κ1) is 22.3. The predicted molar refractivity (Wildman–Crippen MR) is 128 cm³/mol. The first-order chi connectivity index (χ1) is 17.0. The first-order valence-corrected chi connectivity index (χ1v) is 11.1. The number of carbonyl (C=O) groups is 2. The Hall–Kier alpha value is -4.53. The number of pyridine rings is 1. The molecular formula is C26H23N3O6. The quantitative estimate of drug-likeness (QED) is 0.314. The maximum absolute atomic E-state index is 12.6. The van der Waals surface area contributed by atoms with Crippen molar-refractivity contribution in [1.82, 2.24) is 9.38 Å². The molecule has 0 radical (unpaired) electrons. The number of anilines is 1. The van der Waals surface area contributed by atoms with Crippen LogP contribution in [0.1, 0.15) is 22.8 Å². The Bertz CT molecular complexity index is 1410. The molecule has 1 aliphatic heterocycles. The van der Waals surface area contributed by atoms with E-state index in [2.05, 4.69) is 5.32 Å². The Kier molecular flexibility index (Phi) is 5.97. The highest BCUT2D eigenvalue weighted by Gasteiger charge is 2.19. The maximum Gasteiger partial charge on any atom is 0.343 e. The van der Waals surface area contributed by atoms with Crippen molar-refractivity contribution in [2.24, 2.45) is 0 Å². The molecule has 0 unspecified atom stereocenters. The minimum atomic E-state index is -0.504. The zero-order valence-corrected chi connectivity index (χ0v) is 19.2. The van der Waals surface area contributed by atoms with E-state index in [0.29, 0.717) is 40.9 Å². The Labute approximate surface area is 201 Å².